The molecule has 4 rings (SSSR count). The molecule has 2 aromatic rings. The molecule has 0 fully saturated rings. The average molecular weight is 294 g/mol. The highest BCUT2D eigenvalue weighted by Crippen LogP contribution is 2.38. The van der Waals surface area contributed by atoms with Crippen LogP contribution in [0, 0.1) is 0 Å². The van der Waals surface area contributed by atoms with E-state index in [0.29, 0.717) is 11.5 Å². The molecule has 0 bridgehead atoms. The minimum Gasteiger partial charge on any atom is -0.454 e. The van der Waals surface area contributed by atoms with Crippen LogP contribution in [0.1, 0.15) is 29.5 Å². The van der Waals surface area contributed by atoms with E-state index in [1.807, 2.05) is 49.4 Å². The van der Waals surface area contributed by atoms with Crippen LogP contribution in [0.25, 0.3) is 0 Å². The number of hydrogen-bond donors (Lipinski definition) is 1. The molecule has 1 N–H and O–H groups in total. The molecular formula is C17H14N2O3. The summed E-state index contributed by atoms with van der Waals surface area (Å²) in [5, 5.41) is 4.31. The van der Waals surface area contributed by atoms with Gasteiger partial charge in [-0.05, 0) is 24.6 Å². The molecule has 0 saturated heterocycles. The van der Waals surface area contributed by atoms with Crippen molar-refractivity contribution in [2.45, 2.75) is 12.8 Å². The third-order valence-electron chi connectivity index (χ3n) is 3.98. The molecule has 2 heterocycles. The standard InChI is InChI=1S/C17H14N2O3/c1-10-12-7-14-15(22-9-21-14)8-13(12)16(18-19-17(10)20)11-5-3-2-4-6-11/h2-8,10H,9H2,1H3,(H,19,20). The summed E-state index contributed by atoms with van der Waals surface area (Å²) in [6, 6.07) is 13.6. The Morgan fingerprint density at radius 3 is 2.64 bits per heavy atom. The monoisotopic (exact) mass is 294 g/mol. The number of carbonyl (C=O) groups excluding carboxylic acids is 1. The third-order valence-corrected chi connectivity index (χ3v) is 3.98. The molecule has 22 heavy (non-hydrogen) atoms. The van der Waals surface area contributed by atoms with Crippen LogP contribution in [0.5, 0.6) is 11.5 Å². The van der Waals surface area contributed by atoms with E-state index < -0.39 is 0 Å². The summed E-state index contributed by atoms with van der Waals surface area (Å²) >= 11 is 0. The van der Waals surface area contributed by atoms with Gasteiger partial charge in [0.15, 0.2) is 11.5 Å². The fourth-order valence-corrected chi connectivity index (χ4v) is 2.75. The minimum absolute atomic E-state index is 0.133. The van der Waals surface area contributed by atoms with Gasteiger partial charge in [0, 0.05) is 11.1 Å². The largest absolute Gasteiger partial charge is 0.454 e. The molecule has 0 radical (unpaired) electrons. The number of rotatable bonds is 1. The zero-order chi connectivity index (χ0) is 15.1. The molecule has 5 nitrogen and oxygen atoms in total. The van der Waals surface area contributed by atoms with E-state index in [-0.39, 0.29) is 18.6 Å². The summed E-state index contributed by atoms with van der Waals surface area (Å²) < 4.78 is 10.9. The highest BCUT2D eigenvalue weighted by molar-refractivity contribution is 6.15. The van der Waals surface area contributed by atoms with E-state index >= 15 is 0 Å². The molecule has 0 saturated carbocycles. The molecule has 0 aliphatic carbocycles. The third kappa shape index (κ3) is 1.94. The van der Waals surface area contributed by atoms with E-state index in [1.165, 1.54) is 0 Å². The topological polar surface area (TPSA) is 59.9 Å². The molecule has 5 heteroatoms. The second kappa shape index (κ2) is 4.87. The number of nitrogens with zero attached hydrogens (tertiary/aromatic N) is 1. The molecule has 110 valence electrons. The fraction of sp³-hybridized carbons (Fsp3) is 0.176. The number of amides is 1. The Bertz CT molecular complexity index is 784. The lowest BCUT2D eigenvalue weighted by Crippen LogP contribution is -2.21. The van der Waals surface area contributed by atoms with Crippen LogP contribution in [-0.2, 0) is 4.79 Å². The molecule has 1 amide bonds. The van der Waals surface area contributed by atoms with Crippen molar-refractivity contribution >= 4 is 11.6 Å². The molecule has 2 aliphatic heterocycles. The normalized spacial score (nSPS) is 19.0. The van der Waals surface area contributed by atoms with Gasteiger partial charge in [-0.1, -0.05) is 30.3 Å². The molecule has 0 spiro atoms. The zero-order valence-corrected chi connectivity index (χ0v) is 12.0. The van der Waals surface area contributed by atoms with Crippen molar-refractivity contribution in [2.24, 2.45) is 5.10 Å². The average Bonchev–Trinajstić information content (AvgIpc) is 2.97. The van der Waals surface area contributed by atoms with Gasteiger partial charge < -0.3 is 9.47 Å². The van der Waals surface area contributed by atoms with Crippen molar-refractivity contribution in [3.63, 3.8) is 0 Å². The van der Waals surface area contributed by atoms with Gasteiger partial charge in [-0.25, -0.2) is 5.43 Å². The summed E-state index contributed by atoms with van der Waals surface area (Å²) in [5.41, 5.74) is 6.08. The fourth-order valence-electron chi connectivity index (χ4n) is 2.75. The van der Waals surface area contributed by atoms with Crippen molar-refractivity contribution in [1.29, 1.82) is 0 Å². The van der Waals surface area contributed by atoms with E-state index in [9.17, 15) is 4.79 Å². The highest BCUT2D eigenvalue weighted by Gasteiger charge is 2.28. The van der Waals surface area contributed by atoms with Crippen molar-refractivity contribution in [3.8, 4) is 11.5 Å². The van der Waals surface area contributed by atoms with E-state index in [0.717, 1.165) is 22.4 Å². The van der Waals surface area contributed by atoms with Crippen LogP contribution in [0.4, 0.5) is 0 Å². The molecule has 2 aliphatic rings. The van der Waals surface area contributed by atoms with Crippen LogP contribution in [0.2, 0.25) is 0 Å². The molecule has 1 atom stereocenters. The first-order chi connectivity index (χ1) is 10.7. The summed E-state index contributed by atoms with van der Waals surface area (Å²) in [4.78, 5) is 12.2. The number of carbonyl (C=O) groups is 1. The second-order valence-electron chi connectivity index (χ2n) is 5.32. The van der Waals surface area contributed by atoms with Crippen LogP contribution < -0.4 is 14.9 Å². The SMILES string of the molecule is CC1C(=O)NN=C(c2ccccc2)c2cc3c(cc21)OCO3. The Morgan fingerprint density at radius 1 is 1.14 bits per heavy atom. The van der Waals surface area contributed by atoms with Gasteiger partial charge in [0.25, 0.3) is 0 Å². The van der Waals surface area contributed by atoms with Crippen molar-refractivity contribution in [1.82, 2.24) is 5.43 Å². The Kier molecular flexibility index (Phi) is 2.85. The predicted octanol–water partition coefficient (Wildman–Crippen LogP) is 2.40. The number of hydrazone groups is 1. The van der Waals surface area contributed by atoms with E-state index in [2.05, 4.69) is 10.5 Å². The lowest BCUT2D eigenvalue weighted by Gasteiger charge is -2.13. The summed E-state index contributed by atoms with van der Waals surface area (Å²) in [6.07, 6.45) is 0. The van der Waals surface area contributed by atoms with Gasteiger partial charge in [0.1, 0.15) is 0 Å². The first-order valence-electron chi connectivity index (χ1n) is 7.11. The van der Waals surface area contributed by atoms with Gasteiger partial charge >= 0.3 is 0 Å². The summed E-state index contributed by atoms with van der Waals surface area (Å²) in [6.45, 7) is 2.07. The number of benzene rings is 2. The van der Waals surface area contributed by atoms with Crippen LogP contribution in [0.15, 0.2) is 47.6 Å². The minimum atomic E-state index is -0.311. The number of ether oxygens (including phenoxy) is 2. The maximum absolute atomic E-state index is 12.2. The molecule has 2 aromatic carbocycles. The quantitative estimate of drug-likeness (QED) is 0.878. The van der Waals surface area contributed by atoms with Crippen LogP contribution in [-0.4, -0.2) is 18.4 Å². The second-order valence-corrected chi connectivity index (χ2v) is 5.32. The maximum Gasteiger partial charge on any atom is 0.247 e. The van der Waals surface area contributed by atoms with E-state index in [4.69, 9.17) is 9.47 Å². The van der Waals surface area contributed by atoms with Crippen molar-refractivity contribution in [3.05, 3.63) is 59.2 Å². The Hall–Kier alpha value is -2.82. The van der Waals surface area contributed by atoms with Crippen molar-refractivity contribution < 1.29 is 14.3 Å². The number of fused-ring (bicyclic) bond motifs is 2. The Balaban J connectivity index is 1.95. The lowest BCUT2D eigenvalue weighted by atomic mass is 9.90. The Labute approximate surface area is 127 Å². The highest BCUT2D eigenvalue weighted by atomic mass is 16.7. The number of nitrogens with one attached hydrogen (secondary N) is 1. The van der Waals surface area contributed by atoms with E-state index in [1.54, 1.807) is 0 Å². The zero-order valence-electron chi connectivity index (χ0n) is 12.0. The van der Waals surface area contributed by atoms with Gasteiger partial charge in [0.2, 0.25) is 12.7 Å². The molecular weight excluding hydrogens is 280 g/mol. The summed E-state index contributed by atoms with van der Waals surface area (Å²) in [7, 11) is 0. The number of hydrogen-bond acceptors (Lipinski definition) is 4. The first kappa shape index (κ1) is 12.9. The van der Waals surface area contributed by atoms with Crippen LogP contribution >= 0.6 is 0 Å². The van der Waals surface area contributed by atoms with Crippen molar-refractivity contribution in [2.75, 3.05) is 6.79 Å². The lowest BCUT2D eigenvalue weighted by molar-refractivity contribution is -0.122. The Morgan fingerprint density at radius 2 is 1.86 bits per heavy atom. The van der Waals surface area contributed by atoms with Crippen LogP contribution in [0.3, 0.4) is 0 Å². The van der Waals surface area contributed by atoms with Gasteiger partial charge in [0.05, 0.1) is 11.6 Å². The molecule has 0 aromatic heterocycles. The first-order valence-corrected chi connectivity index (χ1v) is 7.11. The van der Waals surface area contributed by atoms with Gasteiger partial charge in [-0.3, -0.25) is 4.79 Å². The van der Waals surface area contributed by atoms with Gasteiger partial charge in [-0.15, -0.1) is 0 Å². The smallest absolute Gasteiger partial charge is 0.247 e. The van der Waals surface area contributed by atoms with Gasteiger partial charge in [-0.2, -0.15) is 5.10 Å². The molecule has 1 unspecified atom stereocenters. The predicted molar refractivity (Wildman–Crippen MR) is 81.2 cm³/mol. The maximum atomic E-state index is 12.2. The summed E-state index contributed by atoms with van der Waals surface area (Å²) in [5.74, 6) is 0.914.